The highest BCUT2D eigenvalue weighted by Gasteiger charge is 2.34. The summed E-state index contributed by atoms with van der Waals surface area (Å²) in [6, 6.07) is 12.7. The smallest absolute Gasteiger partial charge is 0.411 e. The number of aryl methyl sites for hydroxylation is 1. The van der Waals surface area contributed by atoms with E-state index in [0.717, 1.165) is 11.8 Å². The molecular weight excluding hydrogens is 395 g/mol. The Kier molecular flexibility index (Phi) is 4.73. The molecule has 0 fully saturated rings. The first-order chi connectivity index (χ1) is 14.3. The Morgan fingerprint density at radius 1 is 1.07 bits per heavy atom. The summed E-state index contributed by atoms with van der Waals surface area (Å²) >= 11 is 0. The molecule has 0 aliphatic rings. The summed E-state index contributed by atoms with van der Waals surface area (Å²) in [5.41, 5.74) is 1.35. The highest BCUT2D eigenvalue weighted by molar-refractivity contribution is 5.97. The van der Waals surface area contributed by atoms with Crippen LogP contribution in [0.1, 0.15) is 23.9 Å². The molecule has 9 heteroatoms. The topological polar surface area (TPSA) is 76.2 Å². The zero-order valence-electron chi connectivity index (χ0n) is 16.0. The molecule has 0 atom stereocenters. The van der Waals surface area contributed by atoms with Gasteiger partial charge in [-0.05, 0) is 50.2 Å². The third kappa shape index (κ3) is 3.49. The third-order valence-electron chi connectivity index (χ3n) is 4.65. The van der Waals surface area contributed by atoms with E-state index in [0.29, 0.717) is 17.2 Å². The predicted molar refractivity (Wildman–Crippen MR) is 106 cm³/mol. The molecule has 1 aromatic carbocycles. The molecule has 0 aliphatic carbocycles. The molecule has 0 aliphatic heterocycles. The maximum atomic E-state index is 13.8. The summed E-state index contributed by atoms with van der Waals surface area (Å²) in [5.74, 6) is 0.417. The Labute approximate surface area is 169 Å². The lowest BCUT2D eigenvalue weighted by atomic mass is 10.0. The molecule has 30 heavy (non-hydrogen) atoms. The van der Waals surface area contributed by atoms with Gasteiger partial charge in [0.05, 0.1) is 28.7 Å². The number of fused-ring (bicyclic) bond motifs is 1. The third-order valence-corrected chi connectivity index (χ3v) is 4.65. The van der Waals surface area contributed by atoms with E-state index in [4.69, 9.17) is 5.21 Å². The van der Waals surface area contributed by atoms with Crippen LogP contribution in [0.2, 0.25) is 0 Å². The van der Waals surface area contributed by atoms with Crippen molar-refractivity contribution in [3.05, 3.63) is 71.7 Å². The van der Waals surface area contributed by atoms with Crippen LogP contribution in [-0.2, 0) is 6.18 Å². The maximum absolute atomic E-state index is 13.8. The van der Waals surface area contributed by atoms with Crippen molar-refractivity contribution in [2.75, 3.05) is 0 Å². The lowest BCUT2D eigenvalue weighted by molar-refractivity contribution is -0.136. The molecule has 0 saturated heterocycles. The van der Waals surface area contributed by atoms with E-state index in [2.05, 4.69) is 20.2 Å². The number of pyridine rings is 2. The van der Waals surface area contributed by atoms with E-state index in [1.807, 2.05) is 0 Å². The second kappa shape index (κ2) is 7.25. The average Bonchev–Trinajstić information content (AvgIpc) is 3.15. The first kappa shape index (κ1) is 19.6. The van der Waals surface area contributed by atoms with Crippen molar-refractivity contribution in [2.45, 2.75) is 20.0 Å². The second-order valence-electron chi connectivity index (χ2n) is 6.74. The minimum atomic E-state index is -4.58. The molecule has 0 unspecified atom stereocenters. The van der Waals surface area contributed by atoms with Crippen molar-refractivity contribution in [3.63, 3.8) is 0 Å². The van der Waals surface area contributed by atoms with Crippen LogP contribution < -0.4 is 0 Å². The van der Waals surface area contributed by atoms with Crippen LogP contribution in [0, 0.1) is 6.92 Å². The van der Waals surface area contributed by atoms with E-state index in [9.17, 15) is 13.2 Å². The van der Waals surface area contributed by atoms with E-state index in [1.54, 1.807) is 56.3 Å². The average molecular weight is 411 g/mol. The fourth-order valence-corrected chi connectivity index (χ4v) is 3.19. The van der Waals surface area contributed by atoms with Crippen molar-refractivity contribution < 1.29 is 18.4 Å². The molecule has 6 nitrogen and oxygen atoms in total. The second-order valence-corrected chi connectivity index (χ2v) is 6.74. The summed E-state index contributed by atoms with van der Waals surface area (Å²) in [6.07, 6.45) is -3.39. The number of hydrogen-bond acceptors (Lipinski definition) is 5. The molecule has 0 amide bonds. The van der Waals surface area contributed by atoms with Gasteiger partial charge in [0.25, 0.3) is 0 Å². The van der Waals surface area contributed by atoms with E-state index in [1.165, 1.54) is 10.9 Å². The number of halogens is 3. The van der Waals surface area contributed by atoms with Gasteiger partial charge in [-0.1, -0.05) is 17.3 Å². The molecule has 4 rings (SSSR count). The van der Waals surface area contributed by atoms with Gasteiger partial charge in [0.1, 0.15) is 5.71 Å². The standard InChI is InChI=1S/C21H16F3N5O/c1-12-5-3-8-20(26-12)29-19-10-14(9-16(21(22,23)24)15(19)11-25-29)18-7-4-6-17(27-18)13(2)28-30/h3-11,30H,1-2H3. The number of nitrogens with zero attached hydrogens (tertiary/aromatic N) is 5. The number of hydrogen-bond donors (Lipinski definition) is 1. The number of aromatic nitrogens is 4. The lowest BCUT2D eigenvalue weighted by Gasteiger charge is -2.12. The Bertz CT molecular complexity index is 1280. The largest absolute Gasteiger partial charge is 0.417 e. The minimum Gasteiger partial charge on any atom is -0.411 e. The van der Waals surface area contributed by atoms with Crippen LogP contribution in [-0.4, -0.2) is 30.7 Å². The van der Waals surface area contributed by atoms with Crippen LogP contribution in [0.4, 0.5) is 13.2 Å². The first-order valence-electron chi connectivity index (χ1n) is 8.97. The van der Waals surface area contributed by atoms with Crippen LogP contribution in [0.15, 0.2) is 59.9 Å². The summed E-state index contributed by atoms with van der Waals surface area (Å²) in [4.78, 5) is 8.71. The van der Waals surface area contributed by atoms with E-state index >= 15 is 0 Å². The quantitative estimate of drug-likeness (QED) is 0.292. The summed E-state index contributed by atoms with van der Waals surface area (Å²) in [6.45, 7) is 3.34. The molecule has 1 N–H and O–H groups in total. The van der Waals surface area contributed by atoms with Gasteiger partial charge in [-0.25, -0.2) is 14.6 Å². The number of alkyl halides is 3. The van der Waals surface area contributed by atoms with Crippen LogP contribution in [0.25, 0.3) is 28.0 Å². The minimum absolute atomic E-state index is 0.0289. The lowest BCUT2D eigenvalue weighted by Crippen LogP contribution is -2.07. The van der Waals surface area contributed by atoms with Gasteiger partial charge < -0.3 is 5.21 Å². The maximum Gasteiger partial charge on any atom is 0.417 e. The summed E-state index contributed by atoms with van der Waals surface area (Å²) < 4.78 is 42.9. The Balaban J connectivity index is 1.99. The monoisotopic (exact) mass is 411 g/mol. The van der Waals surface area contributed by atoms with Gasteiger partial charge in [0, 0.05) is 16.6 Å². The van der Waals surface area contributed by atoms with Gasteiger partial charge in [-0.15, -0.1) is 0 Å². The zero-order valence-corrected chi connectivity index (χ0v) is 16.0. The normalized spacial score (nSPS) is 12.5. The fraction of sp³-hybridized carbons (Fsp3) is 0.143. The Hall–Kier alpha value is -3.75. The number of benzene rings is 1. The van der Waals surface area contributed by atoms with Crippen molar-refractivity contribution >= 4 is 16.6 Å². The van der Waals surface area contributed by atoms with Gasteiger partial charge in [-0.2, -0.15) is 18.3 Å². The zero-order chi connectivity index (χ0) is 21.5. The predicted octanol–water partition coefficient (Wildman–Crippen LogP) is 5.01. The molecule has 3 heterocycles. The van der Waals surface area contributed by atoms with Crippen molar-refractivity contribution in [1.29, 1.82) is 0 Å². The van der Waals surface area contributed by atoms with E-state index in [-0.39, 0.29) is 22.2 Å². The summed E-state index contributed by atoms with van der Waals surface area (Å²) in [5, 5.41) is 16.2. The SMILES string of the molecule is CC(=NO)c1cccc(-c2cc(C(F)(F)F)c3cnn(-c4cccc(C)n4)c3c2)n1. The Morgan fingerprint density at radius 3 is 2.53 bits per heavy atom. The summed E-state index contributed by atoms with van der Waals surface area (Å²) in [7, 11) is 0. The van der Waals surface area contributed by atoms with Crippen LogP contribution in [0.5, 0.6) is 0 Å². The molecule has 0 spiro atoms. The molecule has 0 bridgehead atoms. The fourth-order valence-electron chi connectivity index (χ4n) is 3.19. The van der Waals surface area contributed by atoms with Gasteiger partial charge >= 0.3 is 6.18 Å². The first-order valence-corrected chi connectivity index (χ1v) is 8.97. The van der Waals surface area contributed by atoms with Crippen molar-refractivity contribution in [1.82, 2.24) is 19.7 Å². The molecule has 4 aromatic rings. The number of rotatable bonds is 3. The van der Waals surface area contributed by atoms with Crippen LogP contribution in [0.3, 0.4) is 0 Å². The number of oxime groups is 1. The molecular formula is C21H16F3N5O. The van der Waals surface area contributed by atoms with Gasteiger partial charge in [-0.3, -0.25) is 0 Å². The molecule has 0 saturated carbocycles. The highest BCUT2D eigenvalue weighted by atomic mass is 19.4. The van der Waals surface area contributed by atoms with Gasteiger partial charge in [0.15, 0.2) is 5.82 Å². The highest BCUT2D eigenvalue weighted by Crippen LogP contribution is 2.38. The Morgan fingerprint density at radius 2 is 1.83 bits per heavy atom. The molecule has 152 valence electrons. The molecule has 3 aromatic heterocycles. The van der Waals surface area contributed by atoms with Crippen LogP contribution >= 0.6 is 0 Å². The van der Waals surface area contributed by atoms with Crippen molar-refractivity contribution in [2.24, 2.45) is 5.16 Å². The molecule has 0 radical (unpaired) electrons. The van der Waals surface area contributed by atoms with Gasteiger partial charge in [0.2, 0.25) is 0 Å². The van der Waals surface area contributed by atoms with E-state index < -0.39 is 11.7 Å². The van der Waals surface area contributed by atoms with Crippen molar-refractivity contribution in [3.8, 4) is 17.1 Å².